The molecule has 7 nitrogen and oxygen atoms in total. The van der Waals surface area contributed by atoms with Crippen LogP contribution in [0, 0.1) is 5.41 Å². The van der Waals surface area contributed by atoms with Crippen LogP contribution in [0.2, 0.25) is 10.0 Å². The summed E-state index contributed by atoms with van der Waals surface area (Å²) in [6, 6.07) is 22.5. The summed E-state index contributed by atoms with van der Waals surface area (Å²) in [7, 11) is -4.15. The molecule has 33 heavy (non-hydrogen) atoms. The van der Waals surface area contributed by atoms with Crippen molar-refractivity contribution in [2.24, 2.45) is 15.2 Å². The molecule has 10 heteroatoms. The molecule has 0 saturated heterocycles. The highest BCUT2D eigenvalue weighted by Crippen LogP contribution is 2.30. The molecule has 168 valence electrons. The van der Waals surface area contributed by atoms with Crippen LogP contribution in [0.15, 0.2) is 93.3 Å². The Morgan fingerprint density at radius 1 is 0.970 bits per heavy atom. The first-order valence-electron chi connectivity index (χ1n) is 9.86. The molecule has 0 radical (unpaired) electrons. The average molecular weight is 500 g/mol. The van der Waals surface area contributed by atoms with Crippen LogP contribution in [0.1, 0.15) is 17.0 Å². The van der Waals surface area contributed by atoms with E-state index in [0.717, 1.165) is 11.1 Å². The fourth-order valence-electron chi connectivity index (χ4n) is 3.47. The second kappa shape index (κ2) is 9.35. The van der Waals surface area contributed by atoms with Gasteiger partial charge in [-0.3, -0.25) is 5.41 Å². The van der Waals surface area contributed by atoms with E-state index in [0.29, 0.717) is 15.8 Å². The van der Waals surface area contributed by atoms with Crippen molar-refractivity contribution in [2.45, 2.75) is 10.8 Å². The van der Waals surface area contributed by atoms with Gasteiger partial charge >= 0.3 is 0 Å². The Balaban J connectivity index is 1.78. The van der Waals surface area contributed by atoms with Gasteiger partial charge in [0.2, 0.25) is 5.84 Å². The fourth-order valence-corrected chi connectivity index (χ4v) is 4.73. The van der Waals surface area contributed by atoms with Crippen LogP contribution in [0.25, 0.3) is 0 Å². The molecule has 1 aliphatic heterocycles. The van der Waals surface area contributed by atoms with E-state index in [9.17, 15) is 8.42 Å². The van der Waals surface area contributed by atoms with Crippen molar-refractivity contribution in [3.8, 4) is 0 Å². The van der Waals surface area contributed by atoms with Gasteiger partial charge in [0, 0.05) is 16.0 Å². The summed E-state index contributed by atoms with van der Waals surface area (Å²) < 4.78 is 29.6. The number of halogens is 2. The minimum Gasteiger partial charge on any atom is -0.381 e. The first-order chi connectivity index (χ1) is 15.7. The van der Waals surface area contributed by atoms with Gasteiger partial charge in [-0.05, 0) is 47.5 Å². The van der Waals surface area contributed by atoms with Crippen molar-refractivity contribution in [2.75, 3.05) is 6.54 Å². The Morgan fingerprint density at radius 2 is 1.55 bits per heavy atom. The predicted octanol–water partition coefficient (Wildman–Crippen LogP) is 4.52. The van der Waals surface area contributed by atoms with E-state index in [1.807, 2.05) is 42.5 Å². The summed E-state index contributed by atoms with van der Waals surface area (Å²) in [5.74, 6) is -0.967. The van der Waals surface area contributed by atoms with Gasteiger partial charge in [-0.15, -0.1) is 4.40 Å². The lowest BCUT2D eigenvalue weighted by atomic mass is 9.91. The van der Waals surface area contributed by atoms with E-state index in [-0.39, 0.29) is 23.2 Å². The van der Waals surface area contributed by atoms with E-state index in [1.54, 1.807) is 12.1 Å². The third kappa shape index (κ3) is 5.08. The van der Waals surface area contributed by atoms with Gasteiger partial charge in [-0.25, -0.2) is 5.01 Å². The van der Waals surface area contributed by atoms with Crippen LogP contribution in [0.5, 0.6) is 0 Å². The summed E-state index contributed by atoms with van der Waals surface area (Å²) in [5, 5.41) is 15.0. The molecule has 0 fully saturated rings. The third-order valence-corrected chi connectivity index (χ3v) is 6.84. The lowest BCUT2D eigenvalue weighted by Crippen LogP contribution is -2.37. The highest BCUT2D eigenvalue weighted by Gasteiger charge is 2.33. The smallest absolute Gasteiger partial charge is 0.284 e. The van der Waals surface area contributed by atoms with Gasteiger partial charge in [-0.1, -0.05) is 65.7 Å². The summed E-state index contributed by atoms with van der Waals surface area (Å²) in [4.78, 5) is -0.0636. The van der Waals surface area contributed by atoms with E-state index < -0.39 is 15.9 Å². The molecular weight excluding hydrogens is 481 g/mol. The molecular formula is C23H19Cl2N5O2S. The zero-order valence-corrected chi connectivity index (χ0v) is 19.5. The van der Waals surface area contributed by atoms with Crippen LogP contribution >= 0.6 is 23.2 Å². The number of benzene rings is 3. The second-order valence-electron chi connectivity index (χ2n) is 7.30. The molecule has 0 amide bonds. The third-order valence-electron chi connectivity index (χ3n) is 5.06. The first-order valence-corrected chi connectivity index (χ1v) is 12.1. The number of hydrogen-bond donors (Lipinski definition) is 2. The van der Waals surface area contributed by atoms with E-state index in [4.69, 9.17) is 34.3 Å². The van der Waals surface area contributed by atoms with E-state index in [1.165, 1.54) is 29.3 Å². The van der Waals surface area contributed by atoms with Gasteiger partial charge < -0.3 is 5.73 Å². The van der Waals surface area contributed by atoms with E-state index >= 15 is 0 Å². The van der Waals surface area contributed by atoms with Crippen LogP contribution in [-0.4, -0.2) is 37.4 Å². The molecule has 3 aromatic carbocycles. The Morgan fingerprint density at radius 3 is 2.12 bits per heavy atom. The molecule has 0 saturated carbocycles. The lowest BCUT2D eigenvalue weighted by Gasteiger charge is -2.17. The van der Waals surface area contributed by atoms with Crippen molar-refractivity contribution >= 4 is 50.6 Å². The predicted molar refractivity (Wildman–Crippen MR) is 132 cm³/mol. The van der Waals surface area contributed by atoms with Crippen molar-refractivity contribution in [3.05, 3.63) is 100 Å². The number of nitrogens with zero attached hydrogens (tertiary/aromatic N) is 3. The van der Waals surface area contributed by atoms with Gasteiger partial charge in [0.1, 0.15) is 0 Å². The molecule has 1 heterocycles. The van der Waals surface area contributed by atoms with Crippen LogP contribution in [0.4, 0.5) is 0 Å². The molecule has 3 N–H and O–H groups in total. The molecule has 0 bridgehead atoms. The second-order valence-corrected chi connectivity index (χ2v) is 9.77. The van der Waals surface area contributed by atoms with Crippen LogP contribution in [0.3, 0.4) is 0 Å². The van der Waals surface area contributed by atoms with Crippen molar-refractivity contribution < 1.29 is 8.42 Å². The number of hydrogen-bond acceptors (Lipinski definition) is 4. The maximum Gasteiger partial charge on any atom is 0.284 e. The van der Waals surface area contributed by atoms with Crippen molar-refractivity contribution in [1.82, 2.24) is 5.01 Å². The number of sulfonamides is 1. The van der Waals surface area contributed by atoms with Gasteiger partial charge in [-0.2, -0.15) is 13.5 Å². The largest absolute Gasteiger partial charge is 0.381 e. The molecule has 1 aliphatic rings. The maximum absolute atomic E-state index is 12.9. The van der Waals surface area contributed by atoms with Crippen molar-refractivity contribution in [1.29, 1.82) is 5.41 Å². The molecule has 4 rings (SSSR count). The summed E-state index contributed by atoms with van der Waals surface area (Å²) in [6.07, 6.45) is 0. The molecule has 0 aromatic heterocycles. The quantitative estimate of drug-likeness (QED) is 0.405. The van der Waals surface area contributed by atoms with Gasteiger partial charge in [0.25, 0.3) is 10.0 Å². The molecule has 1 atom stereocenters. The number of nitrogens with two attached hydrogens (primary N) is 1. The first kappa shape index (κ1) is 23.0. The van der Waals surface area contributed by atoms with Crippen LogP contribution in [-0.2, 0) is 10.0 Å². The minimum atomic E-state index is -4.15. The average Bonchev–Trinajstić information content (AvgIpc) is 3.24. The Bertz CT molecular complexity index is 1340. The monoisotopic (exact) mass is 499 g/mol. The molecule has 0 spiro atoms. The molecule has 0 aliphatic carbocycles. The highest BCUT2D eigenvalue weighted by atomic mass is 35.5. The standard InChI is InChI=1S/C23H19Cl2N5O2S/c24-17-8-6-16(7-9-17)21-20(15-4-2-1-3-5-15)14-30(28-21)23(22(26)27)29-33(31,32)19-12-10-18(25)11-13-19/h1-13,20H,14H2,(H3,26,27)/b29-23+. The number of nitrogens with one attached hydrogen (secondary N) is 1. The molecule has 3 aromatic rings. The summed E-state index contributed by atoms with van der Waals surface area (Å²) in [5.41, 5.74) is 8.25. The minimum absolute atomic E-state index is 0.0636. The number of hydrazone groups is 1. The van der Waals surface area contributed by atoms with Crippen LogP contribution < -0.4 is 5.73 Å². The lowest BCUT2D eigenvalue weighted by molar-refractivity contribution is 0.480. The number of amidine groups is 2. The fraction of sp³-hybridized carbons (Fsp3) is 0.0870. The Labute approximate surface area is 201 Å². The zero-order valence-electron chi connectivity index (χ0n) is 17.2. The normalized spacial score (nSPS) is 16.5. The Kier molecular flexibility index (Phi) is 6.51. The maximum atomic E-state index is 12.9. The van der Waals surface area contributed by atoms with E-state index in [2.05, 4.69) is 9.50 Å². The molecule has 1 unspecified atom stereocenters. The van der Waals surface area contributed by atoms with Gasteiger partial charge in [0.15, 0.2) is 5.84 Å². The van der Waals surface area contributed by atoms with Crippen molar-refractivity contribution in [3.63, 3.8) is 0 Å². The summed E-state index contributed by atoms with van der Waals surface area (Å²) in [6.45, 7) is 0.260. The van der Waals surface area contributed by atoms with Gasteiger partial charge in [0.05, 0.1) is 17.2 Å². The Hall–Kier alpha value is -3.20. The zero-order chi connectivity index (χ0) is 23.6. The topological polar surface area (TPSA) is 112 Å². The SMILES string of the molecule is N=C(N)/C(=N\S(=O)(=O)c1ccc(Cl)cc1)N1CC(c2ccccc2)C(c2ccc(Cl)cc2)=N1. The summed E-state index contributed by atoms with van der Waals surface area (Å²) >= 11 is 11.9. The highest BCUT2D eigenvalue weighted by molar-refractivity contribution is 7.90. The number of rotatable bonds is 4.